The Morgan fingerprint density at radius 2 is 1.52 bits per heavy atom. The first-order valence-electron chi connectivity index (χ1n) is 10.3. The van der Waals surface area contributed by atoms with Gasteiger partial charge in [-0.05, 0) is 24.0 Å². The summed E-state index contributed by atoms with van der Waals surface area (Å²) in [7, 11) is -2.96. The van der Waals surface area contributed by atoms with Crippen LogP contribution in [0.2, 0.25) is 0 Å². The lowest BCUT2D eigenvalue weighted by molar-refractivity contribution is -0.134. The van der Waals surface area contributed by atoms with E-state index in [2.05, 4.69) is 17.0 Å². The first-order valence-corrected chi connectivity index (χ1v) is 12.4. The maximum atomic E-state index is 12.5. The number of amides is 2. The largest absolute Gasteiger partial charge is 0.340 e. The van der Waals surface area contributed by atoms with Crippen LogP contribution in [0, 0.1) is 0 Å². The summed E-state index contributed by atoms with van der Waals surface area (Å²) in [6, 6.07) is 8.24. The van der Waals surface area contributed by atoms with Gasteiger partial charge in [-0.25, -0.2) is 8.42 Å². The summed E-state index contributed by atoms with van der Waals surface area (Å²) in [6.45, 7) is 4.59. The van der Waals surface area contributed by atoms with Crippen molar-refractivity contribution in [2.45, 2.75) is 32.2 Å². The van der Waals surface area contributed by atoms with Crippen LogP contribution in [0.1, 0.15) is 30.4 Å². The molecule has 29 heavy (non-hydrogen) atoms. The normalized spacial score (nSPS) is 17.8. The third-order valence-electron chi connectivity index (χ3n) is 5.77. The summed E-state index contributed by atoms with van der Waals surface area (Å²) in [5.41, 5.74) is 2.54. The van der Waals surface area contributed by atoms with E-state index < -0.39 is 9.84 Å². The van der Waals surface area contributed by atoms with Crippen molar-refractivity contribution in [1.82, 2.24) is 14.7 Å². The van der Waals surface area contributed by atoms with Crippen LogP contribution in [0.15, 0.2) is 24.3 Å². The van der Waals surface area contributed by atoms with E-state index in [1.165, 1.54) is 17.4 Å². The Labute approximate surface area is 173 Å². The van der Waals surface area contributed by atoms with Crippen molar-refractivity contribution >= 4 is 21.7 Å². The lowest BCUT2D eigenvalue weighted by Gasteiger charge is -2.34. The summed E-state index contributed by atoms with van der Waals surface area (Å²) >= 11 is 0. The van der Waals surface area contributed by atoms with Crippen LogP contribution in [0.25, 0.3) is 0 Å². The molecule has 1 aromatic rings. The molecule has 0 aromatic heterocycles. The van der Waals surface area contributed by atoms with E-state index in [1.807, 2.05) is 21.9 Å². The number of nitrogens with zero attached hydrogens (tertiary/aromatic N) is 3. The fraction of sp³-hybridized carbons (Fsp3) is 0.619. The third-order valence-corrected chi connectivity index (χ3v) is 6.69. The lowest BCUT2D eigenvalue weighted by Crippen LogP contribution is -2.49. The van der Waals surface area contributed by atoms with Crippen LogP contribution in [0.5, 0.6) is 0 Å². The highest BCUT2D eigenvalue weighted by Crippen LogP contribution is 2.19. The average molecular weight is 422 g/mol. The SMILES string of the molecule is CS(=O)(=O)CCN1CCN(C(=O)CCCC(=O)N2CCc3ccccc3C2)CC1. The number of sulfone groups is 1. The predicted molar refractivity (Wildman–Crippen MR) is 112 cm³/mol. The summed E-state index contributed by atoms with van der Waals surface area (Å²) < 4.78 is 22.5. The van der Waals surface area contributed by atoms with Gasteiger partial charge in [0.15, 0.2) is 0 Å². The fourth-order valence-electron chi connectivity index (χ4n) is 3.93. The molecule has 0 unspecified atom stereocenters. The van der Waals surface area contributed by atoms with Crippen molar-refractivity contribution in [3.05, 3.63) is 35.4 Å². The monoisotopic (exact) mass is 421 g/mol. The molecule has 8 heteroatoms. The van der Waals surface area contributed by atoms with E-state index in [0.29, 0.717) is 58.5 Å². The van der Waals surface area contributed by atoms with Gasteiger partial charge >= 0.3 is 0 Å². The zero-order valence-corrected chi connectivity index (χ0v) is 18.0. The minimum atomic E-state index is -2.96. The van der Waals surface area contributed by atoms with Gasteiger partial charge < -0.3 is 9.80 Å². The minimum absolute atomic E-state index is 0.0875. The molecule has 2 aliphatic rings. The number of piperazine rings is 1. The molecule has 0 spiro atoms. The smallest absolute Gasteiger partial charge is 0.222 e. The van der Waals surface area contributed by atoms with Crippen LogP contribution in [0.4, 0.5) is 0 Å². The second kappa shape index (κ2) is 9.71. The molecular formula is C21H31N3O4S. The highest BCUT2D eigenvalue weighted by molar-refractivity contribution is 7.90. The first kappa shape index (κ1) is 21.8. The van der Waals surface area contributed by atoms with Gasteiger partial charge in [0, 0.05) is 64.9 Å². The van der Waals surface area contributed by atoms with E-state index in [4.69, 9.17) is 0 Å². The van der Waals surface area contributed by atoms with Crippen LogP contribution in [0.3, 0.4) is 0 Å². The average Bonchev–Trinajstić information content (AvgIpc) is 2.71. The van der Waals surface area contributed by atoms with Crippen LogP contribution >= 0.6 is 0 Å². The maximum absolute atomic E-state index is 12.5. The molecule has 0 aliphatic carbocycles. The Morgan fingerprint density at radius 1 is 0.897 bits per heavy atom. The molecule has 0 saturated carbocycles. The summed E-state index contributed by atoms with van der Waals surface area (Å²) in [5.74, 6) is 0.367. The Balaban J connectivity index is 1.35. The second-order valence-corrected chi connectivity index (χ2v) is 10.3. The lowest BCUT2D eigenvalue weighted by atomic mass is 9.99. The second-order valence-electron chi connectivity index (χ2n) is 8.04. The van der Waals surface area contributed by atoms with Crippen molar-refractivity contribution < 1.29 is 18.0 Å². The highest BCUT2D eigenvalue weighted by Gasteiger charge is 2.23. The fourth-order valence-corrected chi connectivity index (χ4v) is 4.52. The van der Waals surface area contributed by atoms with Crippen molar-refractivity contribution in [2.75, 3.05) is 51.3 Å². The molecule has 2 heterocycles. The Morgan fingerprint density at radius 3 is 2.17 bits per heavy atom. The van der Waals surface area contributed by atoms with E-state index in [9.17, 15) is 18.0 Å². The van der Waals surface area contributed by atoms with E-state index >= 15 is 0 Å². The third kappa shape index (κ3) is 6.54. The molecule has 2 amide bonds. The highest BCUT2D eigenvalue weighted by atomic mass is 32.2. The number of rotatable bonds is 7. The number of hydrogen-bond acceptors (Lipinski definition) is 5. The number of fused-ring (bicyclic) bond motifs is 1. The molecule has 1 fully saturated rings. The molecule has 7 nitrogen and oxygen atoms in total. The zero-order chi connectivity index (χ0) is 20.9. The van der Waals surface area contributed by atoms with Gasteiger partial charge in [0.25, 0.3) is 0 Å². The molecule has 160 valence electrons. The molecule has 0 atom stereocenters. The zero-order valence-electron chi connectivity index (χ0n) is 17.2. The van der Waals surface area contributed by atoms with Gasteiger partial charge in [0.2, 0.25) is 11.8 Å². The molecular weight excluding hydrogens is 390 g/mol. The molecule has 0 bridgehead atoms. The predicted octanol–water partition coefficient (Wildman–Crippen LogP) is 0.930. The molecule has 0 N–H and O–H groups in total. The van der Waals surface area contributed by atoms with Crippen molar-refractivity contribution in [1.29, 1.82) is 0 Å². The summed E-state index contributed by atoms with van der Waals surface area (Å²) in [4.78, 5) is 30.8. The van der Waals surface area contributed by atoms with Crippen molar-refractivity contribution in [3.8, 4) is 0 Å². The summed E-state index contributed by atoms with van der Waals surface area (Å²) in [6.07, 6.45) is 3.51. The van der Waals surface area contributed by atoms with Crippen molar-refractivity contribution in [3.63, 3.8) is 0 Å². The Kier molecular flexibility index (Phi) is 7.29. The number of carbonyl (C=O) groups excluding carboxylic acids is 2. The molecule has 2 aliphatic heterocycles. The van der Waals surface area contributed by atoms with Gasteiger partial charge in [0.05, 0.1) is 5.75 Å². The Bertz CT molecular complexity index is 832. The minimum Gasteiger partial charge on any atom is -0.340 e. The van der Waals surface area contributed by atoms with Gasteiger partial charge in [0.1, 0.15) is 9.84 Å². The number of hydrogen-bond donors (Lipinski definition) is 0. The van der Waals surface area contributed by atoms with E-state index in [1.54, 1.807) is 0 Å². The van der Waals surface area contributed by atoms with Gasteiger partial charge in [-0.1, -0.05) is 24.3 Å². The van der Waals surface area contributed by atoms with Crippen LogP contribution < -0.4 is 0 Å². The molecule has 1 aromatic carbocycles. The van der Waals surface area contributed by atoms with Crippen LogP contribution in [-0.4, -0.2) is 86.2 Å². The topological polar surface area (TPSA) is 78.0 Å². The number of carbonyl (C=O) groups is 2. The van der Waals surface area contributed by atoms with Crippen LogP contribution in [-0.2, 0) is 32.4 Å². The van der Waals surface area contributed by atoms with E-state index in [0.717, 1.165) is 13.0 Å². The first-order chi connectivity index (χ1) is 13.8. The van der Waals surface area contributed by atoms with Gasteiger partial charge in [-0.15, -0.1) is 0 Å². The summed E-state index contributed by atoms with van der Waals surface area (Å²) in [5, 5.41) is 0. The van der Waals surface area contributed by atoms with Gasteiger partial charge in [-0.2, -0.15) is 0 Å². The maximum Gasteiger partial charge on any atom is 0.222 e. The molecule has 3 rings (SSSR count). The molecule has 0 radical (unpaired) electrons. The van der Waals surface area contributed by atoms with Gasteiger partial charge in [-0.3, -0.25) is 14.5 Å². The quantitative estimate of drug-likeness (QED) is 0.655. The number of benzene rings is 1. The molecule has 1 saturated heterocycles. The van der Waals surface area contributed by atoms with E-state index in [-0.39, 0.29) is 17.6 Å². The standard InChI is InChI=1S/C21H31N3O4S/c1-29(27,28)16-15-22-11-13-23(14-12-22)20(25)7-4-8-21(26)24-10-9-18-5-2-3-6-19(18)17-24/h2-3,5-6H,4,7-17H2,1H3. The Hall–Kier alpha value is -1.93. The van der Waals surface area contributed by atoms with Crippen molar-refractivity contribution in [2.24, 2.45) is 0 Å².